The summed E-state index contributed by atoms with van der Waals surface area (Å²) in [6.45, 7) is 4.39. The summed E-state index contributed by atoms with van der Waals surface area (Å²) < 4.78 is 4.89. The molecule has 2 amide bonds. The van der Waals surface area contributed by atoms with Crippen molar-refractivity contribution in [3.05, 3.63) is 0 Å². The van der Waals surface area contributed by atoms with Gasteiger partial charge in [-0.05, 0) is 26.7 Å². The van der Waals surface area contributed by atoms with Gasteiger partial charge in [0.25, 0.3) is 0 Å². The molecule has 0 fully saturated rings. The maximum Gasteiger partial charge on any atom is 0.236 e. The highest BCUT2D eigenvalue weighted by atomic mass is 16.5. The molecule has 0 heterocycles. The predicted octanol–water partition coefficient (Wildman–Crippen LogP) is -0.371. The van der Waals surface area contributed by atoms with Gasteiger partial charge in [0.2, 0.25) is 11.8 Å². The molecule has 6 nitrogen and oxygen atoms in total. The summed E-state index contributed by atoms with van der Waals surface area (Å²) in [7, 11) is 3.18. The van der Waals surface area contributed by atoms with Crippen molar-refractivity contribution < 1.29 is 14.3 Å². The first-order chi connectivity index (χ1) is 8.35. The van der Waals surface area contributed by atoms with Crippen molar-refractivity contribution in [2.75, 3.05) is 27.3 Å². The molecule has 0 aliphatic carbocycles. The van der Waals surface area contributed by atoms with Gasteiger partial charge in [-0.3, -0.25) is 9.59 Å². The minimum atomic E-state index is -0.642. The van der Waals surface area contributed by atoms with E-state index >= 15 is 0 Å². The Morgan fingerprint density at radius 1 is 1.39 bits per heavy atom. The van der Waals surface area contributed by atoms with E-state index in [0.717, 1.165) is 6.42 Å². The standard InChI is InChI=1S/C12H25N3O3/c1-12(2,11(17)14-3)8-15-10(16)9(13)6-5-7-18-4/h9H,5-8,13H2,1-4H3,(H,14,17)(H,15,16). The molecule has 106 valence electrons. The number of hydrogen-bond donors (Lipinski definition) is 3. The summed E-state index contributed by atoms with van der Waals surface area (Å²) in [5.41, 5.74) is 5.09. The van der Waals surface area contributed by atoms with Crippen molar-refractivity contribution in [1.29, 1.82) is 0 Å². The van der Waals surface area contributed by atoms with E-state index in [4.69, 9.17) is 10.5 Å². The maximum atomic E-state index is 11.7. The second kappa shape index (κ2) is 8.05. The second-order valence-electron chi connectivity index (χ2n) is 4.92. The quantitative estimate of drug-likeness (QED) is 0.518. The van der Waals surface area contributed by atoms with Crippen molar-refractivity contribution >= 4 is 11.8 Å². The average Bonchev–Trinajstić information content (AvgIpc) is 2.34. The lowest BCUT2D eigenvalue weighted by molar-refractivity contribution is -0.129. The van der Waals surface area contributed by atoms with E-state index in [-0.39, 0.29) is 18.4 Å². The van der Waals surface area contributed by atoms with Crippen molar-refractivity contribution in [3.63, 3.8) is 0 Å². The Balaban J connectivity index is 4.05. The zero-order chi connectivity index (χ0) is 14.2. The average molecular weight is 259 g/mol. The summed E-state index contributed by atoms with van der Waals surface area (Å²) >= 11 is 0. The highest BCUT2D eigenvalue weighted by Gasteiger charge is 2.27. The summed E-state index contributed by atoms with van der Waals surface area (Å²) in [6.07, 6.45) is 1.31. The smallest absolute Gasteiger partial charge is 0.236 e. The number of nitrogens with two attached hydrogens (primary N) is 1. The van der Waals surface area contributed by atoms with Gasteiger partial charge in [0.05, 0.1) is 11.5 Å². The van der Waals surface area contributed by atoms with E-state index in [9.17, 15) is 9.59 Å². The van der Waals surface area contributed by atoms with Crippen LogP contribution in [0.4, 0.5) is 0 Å². The molecule has 0 aromatic carbocycles. The van der Waals surface area contributed by atoms with E-state index in [1.165, 1.54) is 0 Å². The molecule has 1 unspecified atom stereocenters. The number of methoxy groups -OCH3 is 1. The van der Waals surface area contributed by atoms with Crippen LogP contribution in [0.25, 0.3) is 0 Å². The molecule has 0 saturated heterocycles. The monoisotopic (exact) mass is 259 g/mol. The van der Waals surface area contributed by atoms with Gasteiger partial charge in [0.15, 0.2) is 0 Å². The predicted molar refractivity (Wildman–Crippen MR) is 69.9 cm³/mol. The lowest BCUT2D eigenvalue weighted by Gasteiger charge is -2.23. The molecule has 4 N–H and O–H groups in total. The van der Waals surface area contributed by atoms with E-state index in [1.54, 1.807) is 28.0 Å². The Labute approximate surface area is 109 Å². The van der Waals surface area contributed by atoms with E-state index in [0.29, 0.717) is 13.0 Å². The van der Waals surface area contributed by atoms with Gasteiger partial charge < -0.3 is 21.1 Å². The van der Waals surface area contributed by atoms with Crippen LogP contribution in [0.5, 0.6) is 0 Å². The number of amides is 2. The third-order valence-corrected chi connectivity index (χ3v) is 2.75. The number of carbonyl (C=O) groups excluding carboxylic acids is 2. The highest BCUT2D eigenvalue weighted by Crippen LogP contribution is 2.13. The molecule has 18 heavy (non-hydrogen) atoms. The van der Waals surface area contributed by atoms with E-state index in [2.05, 4.69) is 10.6 Å². The molecule has 1 atom stereocenters. The Bertz CT molecular complexity index is 280. The molecule has 0 aromatic rings. The summed E-state index contributed by atoms with van der Waals surface area (Å²) in [6, 6.07) is -0.555. The number of ether oxygens (including phenoxy) is 1. The first-order valence-corrected chi connectivity index (χ1v) is 6.09. The number of rotatable bonds is 8. The van der Waals surface area contributed by atoms with Crippen LogP contribution in [0.1, 0.15) is 26.7 Å². The Morgan fingerprint density at radius 2 is 2.00 bits per heavy atom. The third kappa shape index (κ3) is 5.97. The van der Waals surface area contributed by atoms with Crippen molar-refractivity contribution in [2.45, 2.75) is 32.7 Å². The van der Waals surface area contributed by atoms with Gasteiger partial charge in [-0.15, -0.1) is 0 Å². The van der Waals surface area contributed by atoms with Crippen LogP contribution in [0, 0.1) is 5.41 Å². The fourth-order valence-electron chi connectivity index (χ4n) is 1.44. The fraction of sp³-hybridized carbons (Fsp3) is 0.833. The molecule has 0 radical (unpaired) electrons. The second-order valence-corrected chi connectivity index (χ2v) is 4.92. The molecule has 0 spiro atoms. The minimum Gasteiger partial charge on any atom is -0.385 e. The van der Waals surface area contributed by atoms with Crippen LogP contribution in [0.2, 0.25) is 0 Å². The minimum absolute atomic E-state index is 0.115. The molecular formula is C12H25N3O3. The van der Waals surface area contributed by atoms with Gasteiger partial charge in [0, 0.05) is 27.3 Å². The van der Waals surface area contributed by atoms with Gasteiger partial charge >= 0.3 is 0 Å². The maximum absolute atomic E-state index is 11.7. The Kier molecular flexibility index (Phi) is 7.54. The zero-order valence-corrected chi connectivity index (χ0v) is 11.7. The first kappa shape index (κ1) is 16.9. The van der Waals surface area contributed by atoms with Crippen LogP contribution < -0.4 is 16.4 Å². The van der Waals surface area contributed by atoms with Gasteiger partial charge in [0.1, 0.15) is 0 Å². The number of hydrogen-bond acceptors (Lipinski definition) is 4. The van der Waals surface area contributed by atoms with Crippen LogP contribution in [0.3, 0.4) is 0 Å². The summed E-state index contributed by atoms with van der Waals surface area (Å²) in [5.74, 6) is -0.348. The lowest BCUT2D eigenvalue weighted by atomic mass is 9.92. The molecule has 0 bridgehead atoms. The van der Waals surface area contributed by atoms with Gasteiger partial charge in [-0.2, -0.15) is 0 Å². The Hall–Kier alpha value is -1.14. The fourth-order valence-corrected chi connectivity index (χ4v) is 1.44. The number of carbonyl (C=O) groups is 2. The van der Waals surface area contributed by atoms with Crippen molar-refractivity contribution in [1.82, 2.24) is 10.6 Å². The lowest BCUT2D eigenvalue weighted by Crippen LogP contribution is -2.48. The SMILES string of the molecule is CNC(=O)C(C)(C)CNC(=O)C(N)CCCOC. The highest BCUT2D eigenvalue weighted by molar-refractivity contribution is 5.84. The summed E-state index contributed by atoms with van der Waals surface area (Å²) in [5, 5.41) is 5.26. The van der Waals surface area contributed by atoms with Crippen LogP contribution in [-0.4, -0.2) is 45.2 Å². The van der Waals surface area contributed by atoms with Gasteiger partial charge in [-0.1, -0.05) is 0 Å². The zero-order valence-electron chi connectivity index (χ0n) is 11.7. The molecule has 0 aliphatic rings. The molecule has 0 aliphatic heterocycles. The van der Waals surface area contributed by atoms with Crippen molar-refractivity contribution in [3.8, 4) is 0 Å². The Morgan fingerprint density at radius 3 is 2.50 bits per heavy atom. The van der Waals surface area contributed by atoms with E-state index < -0.39 is 11.5 Å². The largest absolute Gasteiger partial charge is 0.385 e. The first-order valence-electron chi connectivity index (χ1n) is 6.09. The molecule has 0 rings (SSSR count). The molecule has 0 saturated carbocycles. The topological polar surface area (TPSA) is 93.5 Å². The van der Waals surface area contributed by atoms with Crippen molar-refractivity contribution in [2.24, 2.45) is 11.1 Å². The molecular weight excluding hydrogens is 234 g/mol. The van der Waals surface area contributed by atoms with Crippen LogP contribution in [-0.2, 0) is 14.3 Å². The molecule has 6 heteroatoms. The normalized spacial score (nSPS) is 12.9. The van der Waals surface area contributed by atoms with Crippen LogP contribution in [0.15, 0.2) is 0 Å². The number of nitrogens with one attached hydrogen (secondary N) is 2. The van der Waals surface area contributed by atoms with E-state index in [1.807, 2.05) is 0 Å². The molecule has 0 aromatic heterocycles. The third-order valence-electron chi connectivity index (χ3n) is 2.75. The summed E-state index contributed by atoms with van der Waals surface area (Å²) in [4.78, 5) is 23.2. The van der Waals surface area contributed by atoms with Crippen LogP contribution >= 0.6 is 0 Å². The van der Waals surface area contributed by atoms with Gasteiger partial charge in [-0.25, -0.2) is 0 Å².